The van der Waals surface area contributed by atoms with Gasteiger partial charge in [0.2, 0.25) is 5.95 Å². The van der Waals surface area contributed by atoms with Crippen molar-refractivity contribution >= 4 is 39.2 Å². The van der Waals surface area contributed by atoms with Crippen molar-refractivity contribution in [3.8, 4) is 5.75 Å². The first-order valence-corrected chi connectivity index (χ1v) is 11.0. The molecule has 0 saturated heterocycles. The highest BCUT2D eigenvalue weighted by Crippen LogP contribution is 2.50. The van der Waals surface area contributed by atoms with Gasteiger partial charge in [-0.2, -0.15) is 10.1 Å². The van der Waals surface area contributed by atoms with Gasteiger partial charge in [0.05, 0.1) is 5.70 Å². The SMILES string of the molecule is Clc1ccc(C2C3=C(Nc4ncnn42)c2ccccc2OC3c2ccc(Br)cc2)cc1. The summed E-state index contributed by atoms with van der Waals surface area (Å²) in [5.41, 5.74) is 5.24. The minimum atomic E-state index is -0.288. The molecular formula is C24H16BrClN4O. The fourth-order valence-electron chi connectivity index (χ4n) is 4.30. The van der Waals surface area contributed by atoms with E-state index in [1.807, 2.05) is 59.3 Å². The molecule has 0 fully saturated rings. The van der Waals surface area contributed by atoms with Crippen molar-refractivity contribution in [3.05, 3.63) is 111 Å². The van der Waals surface area contributed by atoms with Crippen LogP contribution < -0.4 is 10.1 Å². The van der Waals surface area contributed by atoms with Gasteiger partial charge in [-0.15, -0.1) is 0 Å². The van der Waals surface area contributed by atoms with Crippen LogP contribution in [-0.4, -0.2) is 14.8 Å². The van der Waals surface area contributed by atoms with Crippen LogP contribution in [0.1, 0.15) is 28.8 Å². The zero-order chi connectivity index (χ0) is 20.9. The first-order valence-electron chi connectivity index (χ1n) is 9.86. The summed E-state index contributed by atoms with van der Waals surface area (Å²) in [6, 6.07) is 24.0. The number of aromatic nitrogens is 3. The van der Waals surface area contributed by atoms with Crippen molar-refractivity contribution in [2.24, 2.45) is 0 Å². The molecule has 2 aliphatic heterocycles. The Morgan fingerprint density at radius 3 is 2.48 bits per heavy atom. The molecule has 4 aromatic rings. The van der Waals surface area contributed by atoms with Crippen molar-refractivity contribution in [2.75, 3.05) is 5.32 Å². The van der Waals surface area contributed by atoms with Crippen LogP contribution in [0.5, 0.6) is 5.75 Å². The number of halogens is 2. The van der Waals surface area contributed by atoms with E-state index in [2.05, 4.69) is 49.5 Å². The second-order valence-corrected chi connectivity index (χ2v) is 8.84. The third-order valence-corrected chi connectivity index (χ3v) is 6.46. The molecule has 3 heterocycles. The minimum Gasteiger partial charge on any atom is -0.480 e. The summed E-state index contributed by atoms with van der Waals surface area (Å²) < 4.78 is 9.53. The van der Waals surface area contributed by atoms with Gasteiger partial charge in [-0.25, -0.2) is 4.68 Å². The van der Waals surface area contributed by atoms with Gasteiger partial charge < -0.3 is 10.1 Å². The van der Waals surface area contributed by atoms with Crippen LogP contribution >= 0.6 is 27.5 Å². The molecular weight excluding hydrogens is 476 g/mol. The predicted octanol–water partition coefficient (Wildman–Crippen LogP) is 6.25. The zero-order valence-electron chi connectivity index (χ0n) is 16.2. The van der Waals surface area contributed by atoms with E-state index in [1.54, 1.807) is 6.33 Å². The first-order chi connectivity index (χ1) is 15.2. The number of para-hydroxylation sites is 1. The van der Waals surface area contributed by atoms with Gasteiger partial charge in [-0.05, 0) is 47.5 Å². The number of hydrogen-bond acceptors (Lipinski definition) is 4. The van der Waals surface area contributed by atoms with Gasteiger partial charge in [0.15, 0.2) is 0 Å². The van der Waals surface area contributed by atoms with Gasteiger partial charge in [-0.3, -0.25) is 0 Å². The van der Waals surface area contributed by atoms with Crippen LogP contribution in [0.4, 0.5) is 5.95 Å². The molecule has 5 nitrogen and oxygen atoms in total. The molecule has 7 heteroatoms. The van der Waals surface area contributed by atoms with Gasteiger partial charge in [-0.1, -0.05) is 63.9 Å². The Labute approximate surface area is 192 Å². The van der Waals surface area contributed by atoms with Crippen LogP contribution in [0.2, 0.25) is 5.02 Å². The molecule has 0 aliphatic carbocycles. The van der Waals surface area contributed by atoms with E-state index in [9.17, 15) is 0 Å². The van der Waals surface area contributed by atoms with Gasteiger partial charge in [0.25, 0.3) is 0 Å². The largest absolute Gasteiger partial charge is 0.480 e. The molecule has 2 unspecified atom stereocenters. The van der Waals surface area contributed by atoms with Crippen LogP contribution in [0.3, 0.4) is 0 Å². The lowest BCUT2D eigenvalue weighted by molar-refractivity contribution is 0.223. The average molecular weight is 492 g/mol. The van der Waals surface area contributed by atoms with Crippen molar-refractivity contribution < 1.29 is 4.74 Å². The molecule has 0 radical (unpaired) electrons. The Balaban J connectivity index is 1.62. The van der Waals surface area contributed by atoms with Gasteiger partial charge >= 0.3 is 0 Å². The van der Waals surface area contributed by atoms with E-state index in [0.717, 1.165) is 38.2 Å². The van der Waals surface area contributed by atoms with Gasteiger partial charge in [0, 0.05) is 20.6 Å². The van der Waals surface area contributed by atoms with E-state index in [0.29, 0.717) is 11.0 Å². The summed E-state index contributed by atoms with van der Waals surface area (Å²) >= 11 is 9.72. The summed E-state index contributed by atoms with van der Waals surface area (Å²) in [6.45, 7) is 0. The molecule has 6 rings (SSSR count). The third kappa shape index (κ3) is 3.06. The highest BCUT2D eigenvalue weighted by molar-refractivity contribution is 9.10. The molecule has 0 spiro atoms. The second kappa shape index (κ2) is 7.25. The zero-order valence-corrected chi connectivity index (χ0v) is 18.5. The summed E-state index contributed by atoms with van der Waals surface area (Å²) in [4.78, 5) is 4.46. The number of ether oxygens (including phenoxy) is 1. The standard InChI is InChI=1S/C24H16BrClN4O/c25-16-9-5-15(6-10-16)23-20-21(18-3-1-2-4-19(18)31-23)29-24-27-13-28-30(24)22(20)14-7-11-17(26)12-8-14/h1-13,22-23H,(H,27,28,29). The summed E-state index contributed by atoms with van der Waals surface area (Å²) in [6.07, 6.45) is 1.29. The number of hydrogen-bond donors (Lipinski definition) is 1. The fraction of sp³-hybridized carbons (Fsp3) is 0.0833. The van der Waals surface area contributed by atoms with E-state index in [4.69, 9.17) is 16.3 Å². The van der Waals surface area contributed by atoms with Crippen LogP contribution in [-0.2, 0) is 0 Å². The lowest BCUT2D eigenvalue weighted by atomic mass is 9.84. The summed E-state index contributed by atoms with van der Waals surface area (Å²) in [5, 5.41) is 8.74. The number of anilines is 1. The first kappa shape index (κ1) is 18.7. The van der Waals surface area contributed by atoms with Crippen molar-refractivity contribution in [3.63, 3.8) is 0 Å². The number of nitrogens with one attached hydrogen (secondary N) is 1. The molecule has 2 aliphatic rings. The molecule has 0 amide bonds. The lowest BCUT2D eigenvalue weighted by Gasteiger charge is -2.39. The molecule has 152 valence electrons. The molecule has 0 saturated carbocycles. The van der Waals surface area contributed by atoms with Crippen LogP contribution in [0.25, 0.3) is 5.70 Å². The Bertz CT molecular complexity index is 1310. The smallest absolute Gasteiger partial charge is 0.226 e. The Morgan fingerprint density at radius 2 is 1.68 bits per heavy atom. The number of benzene rings is 3. The normalized spacial score (nSPS) is 19.0. The highest BCUT2D eigenvalue weighted by Gasteiger charge is 2.40. The monoisotopic (exact) mass is 490 g/mol. The molecule has 2 atom stereocenters. The van der Waals surface area contributed by atoms with E-state index >= 15 is 0 Å². The van der Waals surface area contributed by atoms with Gasteiger partial charge in [0.1, 0.15) is 24.2 Å². The molecule has 31 heavy (non-hydrogen) atoms. The maximum atomic E-state index is 6.59. The second-order valence-electron chi connectivity index (χ2n) is 7.48. The predicted molar refractivity (Wildman–Crippen MR) is 124 cm³/mol. The maximum Gasteiger partial charge on any atom is 0.226 e. The Morgan fingerprint density at radius 1 is 0.935 bits per heavy atom. The number of fused-ring (bicyclic) bond motifs is 3. The maximum absolute atomic E-state index is 6.59. The molecule has 1 N–H and O–H groups in total. The van der Waals surface area contributed by atoms with Crippen LogP contribution in [0.15, 0.2) is 89.2 Å². The minimum absolute atomic E-state index is 0.187. The van der Waals surface area contributed by atoms with E-state index < -0.39 is 0 Å². The van der Waals surface area contributed by atoms with Crippen LogP contribution in [0, 0.1) is 0 Å². The van der Waals surface area contributed by atoms with E-state index in [-0.39, 0.29) is 12.1 Å². The third-order valence-electron chi connectivity index (χ3n) is 5.68. The number of rotatable bonds is 2. The summed E-state index contributed by atoms with van der Waals surface area (Å²) in [5.74, 6) is 1.54. The van der Waals surface area contributed by atoms with E-state index in [1.165, 1.54) is 0 Å². The Kier molecular flexibility index (Phi) is 4.37. The lowest BCUT2D eigenvalue weighted by Crippen LogP contribution is -2.32. The fourth-order valence-corrected chi connectivity index (χ4v) is 4.69. The highest BCUT2D eigenvalue weighted by atomic mass is 79.9. The molecule has 0 bridgehead atoms. The van der Waals surface area contributed by atoms with Crippen molar-refractivity contribution in [1.82, 2.24) is 14.8 Å². The Hall–Kier alpha value is -3.09. The quantitative estimate of drug-likeness (QED) is 0.360. The topological polar surface area (TPSA) is 52.0 Å². The average Bonchev–Trinajstić information content (AvgIpc) is 3.27. The van der Waals surface area contributed by atoms with Crippen molar-refractivity contribution in [2.45, 2.75) is 12.1 Å². The molecule has 3 aromatic carbocycles. The molecule has 1 aromatic heterocycles. The summed E-state index contributed by atoms with van der Waals surface area (Å²) in [7, 11) is 0. The van der Waals surface area contributed by atoms with Crippen molar-refractivity contribution in [1.29, 1.82) is 0 Å². The number of nitrogens with zero attached hydrogens (tertiary/aromatic N) is 3.